The van der Waals surface area contributed by atoms with Crippen molar-refractivity contribution in [3.05, 3.63) is 28.1 Å². The maximum atomic E-state index is 5.97. The van der Waals surface area contributed by atoms with Crippen LogP contribution in [0.5, 0.6) is 0 Å². The lowest BCUT2D eigenvalue weighted by Crippen LogP contribution is -1.76. The zero-order valence-electron chi connectivity index (χ0n) is 7.17. The van der Waals surface area contributed by atoms with Gasteiger partial charge in [-0.3, -0.25) is 0 Å². The average molecular weight is 229 g/mol. The highest BCUT2D eigenvalue weighted by Crippen LogP contribution is 2.32. The van der Waals surface area contributed by atoms with Crippen molar-refractivity contribution in [2.45, 2.75) is 18.2 Å². The van der Waals surface area contributed by atoms with Crippen LogP contribution in [0, 0.1) is 0 Å². The van der Waals surface area contributed by atoms with Crippen LogP contribution < -0.4 is 0 Å². The molecular weight excluding hydrogens is 220 g/mol. The second-order valence-corrected chi connectivity index (χ2v) is 4.71. The Labute approximate surface area is 91.9 Å². The molecule has 0 amide bonds. The monoisotopic (exact) mass is 228 g/mol. The molecule has 0 unspecified atom stereocenters. The lowest BCUT2D eigenvalue weighted by atomic mass is 10.1. The lowest BCUT2D eigenvalue weighted by Gasteiger charge is -1.98. The third kappa shape index (κ3) is 1.58. The topological polar surface area (TPSA) is 0 Å². The van der Waals surface area contributed by atoms with Crippen LogP contribution in [-0.4, -0.2) is 0 Å². The van der Waals surface area contributed by atoms with E-state index in [-0.39, 0.29) is 0 Å². The summed E-state index contributed by atoms with van der Waals surface area (Å²) in [5, 5.41) is 4.22. The molecular formula is C10H9ClS2. The molecule has 2 rings (SSSR count). The Hall–Kier alpha value is -0.180. The number of hydrogen-bond acceptors (Lipinski definition) is 2. The van der Waals surface area contributed by atoms with Gasteiger partial charge in [-0.15, -0.1) is 24.0 Å². The molecule has 0 N–H and O–H groups in total. The number of hydrogen-bond donors (Lipinski definition) is 1. The second-order valence-electron chi connectivity index (χ2n) is 2.91. The fraction of sp³-hybridized carbons (Fsp3) is 0.200. The number of thiophene rings is 1. The van der Waals surface area contributed by atoms with Crippen LogP contribution in [0.2, 0.25) is 5.02 Å². The van der Waals surface area contributed by atoms with E-state index in [0.29, 0.717) is 0 Å². The van der Waals surface area contributed by atoms with Crippen molar-refractivity contribution in [3.8, 4) is 0 Å². The normalized spacial score (nSPS) is 11.0. The van der Waals surface area contributed by atoms with Crippen LogP contribution in [0.25, 0.3) is 10.1 Å². The summed E-state index contributed by atoms with van der Waals surface area (Å²) >= 11 is 12.0. The molecule has 0 spiro atoms. The van der Waals surface area contributed by atoms with Crippen molar-refractivity contribution in [1.29, 1.82) is 0 Å². The highest BCUT2D eigenvalue weighted by Gasteiger charge is 2.05. The standard InChI is InChI=1S/C10H9ClS2/c1-2-6-5-13-10-4-8(11)9(12)3-7(6)10/h3-5,12H,2H2,1H3. The number of halogens is 1. The van der Waals surface area contributed by atoms with Gasteiger partial charge in [-0.25, -0.2) is 0 Å². The molecule has 0 saturated carbocycles. The number of aryl methyl sites for hydroxylation is 1. The molecule has 1 heterocycles. The average Bonchev–Trinajstić information content (AvgIpc) is 2.48. The molecule has 0 aliphatic heterocycles. The van der Waals surface area contributed by atoms with Crippen LogP contribution in [0.3, 0.4) is 0 Å². The first-order valence-electron chi connectivity index (χ1n) is 4.11. The lowest BCUT2D eigenvalue weighted by molar-refractivity contribution is 1.17. The Morgan fingerprint density at radius 2 is 2.23 bits per heavy atom. The van der Waals surface area contributed by atoms with Gasteiger partial charge < -0.3 is 0 Å². The number of fused-ring (bicyclic) bond motifs is 1. The molecule has 0 nitrogen and oxygen atoms in total. The van der Waals surface area contributed by atoms with Gasteiger partial charge in [0.05, 0.1) is 5.02 Å². The van der Waals surface area contributed by atoms with Gasteiger partial charge in [0, 0.05) is 9.60 Å². The molecule has 68 valence electrons. The third-order valence-electron chi connectivity index (χ3n) is 2.10. The minimum absolute atomic E-state index is 0.736. The molecule has 0 saturated heterocycles. The van der Waals surface area contributed by atoms with Crippen LogP contribution >= 0.6 is 35.6 Å². The molecule has 1 aromatic carbocycles. The van der Waals surface area contributed by atoms with E-state index < -0.39 is 0 Å². The summed E-state index contributed by atoms with van der Waals surface area (Å²) in [5.74, 6) is 0. The van der Waals surface area contributed by atoms with Gasteiger partial charge in [0.15, 0.2) is 0 Å². The van der Waals surface area contributed by atoms with Crippen molar-refractivity contribution in [2.75, 3.05) is 0 Å². The van der Waals surface area contributed by atoms with E-state index in [2.05, 4.69) is 31.0 Å². The van der Waals surface area contributed by atoms with Crippen molar-refractivity contribution in [1.82, 2.24) is 0 Å². The predicted octanol–water partition coefficient (Wildman–Crippen LogP) is 4.41. The summed E-state index contributed by atoms with van der Waals surface area (Å²) < 4.78 is 1.25. The quantitative estimate of drug-likeness (QED) is 0.687. The minimum atomic E-state index is 0.736. The van der Waals surface area contributed by atoms with Crippen LogP contribution in [-0.2, 0) is 6.42 Å². The van der Waals surface area contributed by atoms with E-state index in [4.69, 9.17) is 11.6 Å². The van der Waals surface area contributed by atoms with Crippen LogP contribution in [0.1, 0.15) is 12.5 Å². The Bertz CT molecular complexity index is 445. The van der Waals surface area contributed by atoms with Gasteiger partial charge in [0.2, 0.25) is 0 Å². The zero-order valence-corrected chi connectivity index (χ0v) is 9.64. The van der Waals surface area contributed by atoms with Gasteiger partial charge in [0.1, 0.15) is 0 Å². The summed E-state index contributed by atoms with van der Waals surface area (Å²) in [6, 6.07) is 4.04. The Balaban J connectivity index is 2.77. The summed E-state index contributed by atoms with van der Waals surface area (Å²) in [6.07, 6.45) is 1.06. The molecule has 2 aromatic rings. The van der Waals surface area contributed by atoms with Crippen LogP contribution in [0.15, 0.2) is 22.4 Å². The molecule has 0 bridgehead atoms. The fourth-order valence-corrected chi connectivity index (χ4v) is 2.85. The summed E-state index contributed by atoms with van der Waals surface area (Å²) in [7, 11) is 0. The Morgan fingerprint density at radius 3 is 2.92 bits per heavy atom. The third-order valence-corrected chi connectivity index (χ3v) is 3.91. The first-order valence-corrected chi connectivity index (χ1v) is 5.81. The highest BCUT2D eigenvalue weighted by molar-refractivity contribution is 7.80. The molecule has 1 aromatic heterocycles. The van der Waals surface area contributed by atoms with E-state index in [9.17, 15) is 0 Å². The molecule has 0 fully saturated rings. The maximum absolute atomic E-state index is 5.97. The summed E-state index contributed by atoms with van der Waals surface area (Å²) in [4.78, 5) is 0.863. The molecule has 0 aliphatic carbocycles. The largest absolute Gasteiger partial charge is 0.143 e. The van der Waals surface area contributed by atoms with Crippen molar-refractivity contribution >= 4 is 45.7 Å². The van der Waals surface area contributed by atoms with Crippen LogP contribution in [0.4, 0.5) is 0 Å². The highest BCUT2D eigenvalue weighted by atomic mass is 35.5. The molecule has 3 heteroatoms. The van der Waals surface area contributed by atoms with Crippen molar-refractivity contribution < 1.29 is 0 Å². The minimum Gasteiger partial charge on any atom is -0.143 e. The van der Waals surface area contributed by atoms with E-state index in [1.165, 1.54) is 15.6 Å². The van der Waals surface area contributed by atoms with Gasteiger partial charge >= 0.3 is 0 Å². The molecule has 13 heavy (non-hydrogen) atoms. The fourth-order valence-electron chi connectivity index (χ4n) is 1.36. The van der Waals surface area contributed by atoms with E-state index in [0.717, 1.165) is 16.3 Å². The van der Waals surface area contributed by atoms with Crippen molar-refractivity contribution in [2.24, 2.45) is 0 Å². The SMILES string of the molecule is CCc1csc2cc(Cl)c(S)cc12. The summed E-state index contributed by atoms with van der Waals surface area (Å²) in [6.45, 7) is 2.16. The number of thiol groups is 1. The Morgan fingerprint density at radius 1 is 1.46 bits per heavy atom. The molecule has 0 aliphatic rings. The zero-order chi connectivity index (χ0) is 9.42. The predicted molar refractivity (Wildman–Crippen MR) is 63.5 cm³/mol. The van der Waals surface area contributed by atoms with E-state index in [1.807, 2.05) is 6.07 Å². The first kappa shape index (κ1) is 9.38. The second kappa shape index (κ2) is 3.52. The number of benzene rings is 1. The van der Waals surface area contributed by atoms with Gasteiger partial charge in [-0.1, -0.05) is 18.5 Å². The smallest absolute Gasteiger partial charge is 0.0553 e. The molecule has 0 radical (unpaired) electrons. The first-order chi connectivity index (χ1) is 6.22. The van der Waals surface area contributed by atoms with Gasteiger partial charge in [0.25, 0.3) is 0 Å². The molecule has 0 atom stereocenters. The summed E-state index contributed by atoms with van der Waals surface area (Å²) in [5.41, 5.74) is 1.38. The van der Waals surface area contributed by atoms with Crippen molar-refractivity contribution in [3.63, 3.8) is 0 Å². The van der Waals surface area contributed by atoms with E-state index in [1.54, 1.807) is 11.3 Å². The van der Waals surface area contributed by atoms with E-state index >= 15 is 0 Å². The van der Waals surface area contributed by atoms with Gasteiger partial charge in [-0.05, 0) is 34.9 Å². The Kier molecular flexibility index (Phi) is 2.54. The number of rotatable bonds is 1. The van der Waals surface area contributed by atoms with Gasteiger partial charge in [-0.2, -0.15) is 0 Å². The maximum Gasteiger partial charge on any atom is 0.0553 e.